The summed E-state index contributed by atoms with van der Waals surface area (Å²) >= 11 is 0. The molecule has 1 aliphatic heterocycles. The third-order valence-corrected chi connectivity index (χ3v) is 2.16. The molecule has 1 rings (SSSR count). The molecule has 1 atom stereocenters. The molecule has 0 spiro atoms. The topological polar surface area (TPSA) is 68.9 Å². The van der Waals surface area contributed by atoms with Crippen molar-refractivity contribution in [2.75, 3.05) is 40.0 Å². The van der Waals surface area contributed by atoms with E-state index in [2.05, 4.69) is 10.3 Å². The molecule has 0 bridgehead atoms. The summed E-state index contributed by atoms with van der Waals surface area (Å²) in [5.74, 6) is 1.03. The molecule has 3 N–H and O–H groups in total. The normalized spacial score (nSPS) is 21.1. The van der Waals surface area contributed by atoms with E-state index in [0.29, 0.717) is 25.0 Å². The van der Waals surface area contributed by atoms with Crippen LogP contribution < -0.4 is 11.1 Å². The molecule has 1 unspecified atom stereocenters. The highest BCUT2D eigenvalue weighted by molar-refractivity contribution is 14.0. The largest absolute Gasteiger partial charge is 0.383 e. The number of aliphatic imine (C=N–C) groups is 1. The molecule has 0 aliphatic carbocycles. The van der Waals surface area contributed by atoms with Crippen LogP contribution in [0, 0.1) is 5.92 Å². The standard InChI is InChI=1S/C9H19N3O2.HI/c1-13-5-3-11-9(10)12-6-8-2-4-14-7-8;/h8H,2-7H2,1H3,(H3,10,11,12);1H. The minimum atomic E-state index is 0. The summed E-state index contributed by atoms with van der Waals surface area (Å²) in [5.41, 5.74) is 5.64. The monoisotopic (exact) mass is 329 g/mol. The molecule has 0 aromatic rings. The van der Waals surface area contributed by atoms with E-state index in [4.69, 9.17) is 15.2 Å². The maximum Gasteiger partial charge on any atom is 0.188 e. The molecule has 1 saturated heterocycles. The molecule has 1 fully saturated rings. The van der Waals surface area contributed by atoms with Crippen LogP contribution in [0.2, 0.25) is 0 Å². The van der Waals surface area contributed by atoms with Crippen molar-refractivity contribution >= 4 is 29.9 Å². The van der Waals surface area contributed by atoms with Crippen molar-refractivity contribution < 1.29 is 9.47 Å². The summed E-state index contributed by atoms with van der Waals surface area (Å²) in [6.07, 6.45) is 1.09. The maximum absolute atomic E-state index is 5.64. The van der Waals surface area contributed by atoms with E-state index in [-0.39, 0.29) is 24.0 Å². The highest BCUT2D eigenvalue weighted by Crippen LogP contribution is 2.11. The van der Waals surface area contributed by atoms with Crippen molar-refractivity contribution in [1.29, 1.82) is 0 Å². The number of nitrogens with zero attached hydrogens (tertiary/aromatic N) is 1. The van der Waals surface area contributed by atoms with E-state index in [1.807, 2.05) is 0 Å². The highest BCUT2D eigenvalue weighted by Gasteiger charge is 2.14. The van der Waals surface area contributed by atoms with E-state index in [9.17, 15) is 0 Å². The van der Waals surface area contributed by atoms with Crippen LogP contribution in [0.1, 0.15) is 6.42 Å². The van der Waals surface area contributed by atoms with Gasteiger partial charge in [-0.3, -0.25) is 4.99 Å². The number of methoxy groups -OCH3 is 1. The number of guanidine groups is 1. The van der Waals surface area contributed by atoms with Gasteiger partial charge >= 0.3 is 0 Å². The molecule has 0 saturated carbocycles. The van der Waals surface area contributed by atoms with Crippen LogP contribution in [0.25, 0.3) is 0 Å². The van der Waals surface area contributed by atoms with Crippen molar-refractivity contribution in [3.63, 3.8) is 0 Å². The Hall–Kier alpha value is -0.0800. The maximum atomic E-state index is 5.64. The van der Waals surface area contributed by atoms with Crippen molar-refractivity contribution in [3.05, 3.63) is 0 Å². The van der Waals surface area contributed by atoms with Crippen molar-refractivity contribution in [2.45, 2.75) is 6.42 Å². The van der Waals surface area contributed by atoms with Gasteiger partial charge in [-0.1, -0.05) is 0 Å². The molecular weight excluding hydrogens is 309 g/mol. The molecule has 5 nitrogen and oxygen atoms in total. The summed E-state index contributed by atoms with van der Waals surface area (Å²) in [5, 5.41) is 2.97. The van der Waals surface area contributed by atoms with Gasteiger partial charge in [0, 0.05) is 32.7 Å². The third-order valence-electron chi connectivity index (χ3n) is 2.16. The second-order valence-corrected chi connectivity index (χ2v) is 3.38. The van der Waals surface area contributed by atoms with Gasteiger partial charge in [-0.2, -0.15) is 0 Å². The Labute approximate surface area is 108 Å². The van der Waals surface area contributed by atoms with Crippen molar-refractivity contribution in [1.82, 2.24) is 5.32 Å². The molecule has 1 aliphatic rings. The smallest absolute Gasteiger partial charge is 0.188 e. The Morgan fingerprint density at radius 1 is 1.67 bits per heavy atom. The van der Waals surface area contributed by atoms with E-state index >= 15 is 0 Å². The van der Waals surface area contributed by atoms with Crippen LogP contribution in [0.4, 0.5) is 0 Å². The molecule has 6 heteroatoms. The zero-order valence-electron chi connectivity index (χ0n) is 9.07. The SMILES string of the molecule is COCCNC(N)=NCC1CCOC1.I. The van der Waals surface area contributed by atoms with Gasteiger partial charge in [-0.05, 0) is 6.42 Å². The number of nitrogens with one attached hydrogen (secondary N) is 1. The molecule has 15 heavy (non-hydrogen) atoms. The first-order valence-corrected chi connectivity index (χ1v) is 4.93. The first-order chi connectivity index (χ1) is 6.83. The van der Waals surface area contributed by atoms with E-state index < -0.39 is 0 Å². The van der Waals surface area contributed by atoms with Crippen LogP contribution >= 0.6 is 24.0 Å². The Balaban J connectivity index is 0.00000196. The molecule has 1 heterocycles. The Kier molecular flexibility index (Phi) is 9.12. The van der Waals surface area contributed by atoms with Gasteiger partial charge in [0.05, 0.1) is 13.2 Å². The van der Waals surface area contributed by atoms with Crippen molar-refractivity contribution in [3.8, 4) is 0 Å². The van der Waals surface area contributed by atoms with Crippen LogP contribution in [-0.2, 0) is 9.47 Å². The van der Waals surface area contributed by atoms with Gasteiger partial charge in [0.2, 0.25) is 0 Å². The fourth-order valence-electron chi connectivity index (χ4n) is 1.29. The van der Waals surface area contributed by atoms with Crippen molar-refractivity contribution in [2.24, 2.45) is 16.6 Å². The molecular formula is C9H20IN3O2. The van der Waals surface area contributed by atoms with Gasteiger partial charge in [-0.25, -0.2) is 0 Å². The predicted octanol–water partition coefficient (Wildman–Crippen LogP) is 0.192. The molecule has 0 aromatic carbocycles. The summed E-state index contributed by atoms with van der Waals surface area (Å²) in [7, 11) is 1.66. The number of halogens is 1. The molecule has 90 valence electrons. The first kappa shape index (κ1) is 14.9. The quantitative estimate of drug-likeness (QED) is 0.327. The summed E-state index contributed by atoms with van der Waals surface area (Å²) in [4.78, 5) is 4.23. The first-order valence-electron chi connectivity index (χ1n) is 4.93. The highest BCUT2D eigenvalue weighted by atomic mass is 127. The minimum Gasteiger partial charge on any atom is -0.383 e. The van der Waals surface area contributed by atoms with Gasteiger partial charge < -0.3 is 20.5 Å². The fourth-order valence-corrected chi connectivity index (χ4v) is 1.29. The molecule has 0 radical (unpaired) electrons. The Morgan fingerprint density at radius 2 is 2.47 bits per heavy atom. The summed E-state index contributed by atoms with van der Waals surface area (Å²) in [6, 6.07) is 0. The van der Waals surface area contributed by atoms with E-state index in [0.717, 1.165) is 26.2 Å². The summed E-state index contributed by atoms with van der Waals surface area (Å²) in [6.45, 7) is 3.77. The van der Waals surface area contributed by atoms with Crippen LogP contribution in [0.5, 0.6) is 0 Å². The molecule has 0 aromatic heterocycles. The molecule has 0 amide bonds. The second kappa shape index (κ2) is 9.17. The van der Waals surface area contributed by atoms with Gasteiger partial charge in [0.25, 0.3) is 0 Å². The third kappa shape index (κ3) is 6.91. The number of rotatable bonds is 5. The number of hydrogen-bond donors (Lipinski definition) is 2. The minimum absolute atomic E-state index is 0. The lowest BCUT2D eigenvalue weighted by atomic mass is 10.1. The zero-order chi connectivity index (χ0) is 10.2. The predicted molar refractivity (Wildman–Crippen MR) is 70.7 cm³/mol. The lowest BCUT2D eigenvalue weighted by molar-refractivity contribution is 0.187. The van der Waals surface area contributed by atoms with Crippen LogP contribution in [-0.4, -0.2) is 46.0 Å². The van der Waals surface area contributed by atoms with Crippen LogP contribution in [0.15, 0.2) is 4.99 Å². The summed E-state index contributed by atoms with van der Waals surface area (Å²) < 4.78 is 10.1. The average molecular weight is 329 g/mol. The van der Waals surface area contributed by atoms with Gasteiger partial charge in [0.15, 0.2) is 5.96 Å². The lowest BCUT2D eigenvalue weighted by Gasteiger charge is -2.06. The fraction of sp³-hybridized carbons (Fsp3) is 0.889. The number of ether oxygens (including phenoxy) is 2. The Morgan fingerprint density at radius 3 is 3.07 bits per heavy atom. The van der Waals surface area contributed by atoms with E-state index in [1.165, 1.54) is 0 Å². The number of hydrogen-bond acceptors (Lipinski definition) is 3. The van der Waals surface area contributed by atoms with E-state index in [1.54, 1.807) is 7.11 Å². The zero-order valence-corrected chi connectivity index (χ0v) is 11.4. The Bertz CT molecular complexity index is 184. The number of nitrogens with two attached hydrogens (primary N) is 1. The van der Waals surface area contributed by atoms with Crippen LogP contribution in [0.3, 0.4) is 0 Å². The average Bonchev–Trinajstić information content (AvgIpc) is 2.68. The second-order valence-electron chi connectivity index (χ2n) is 3.38. The van der Waals surface area contributed by atoms with Gasteiger partial charge in [0.1, 0.15) is 0 Å². The lowest BCUT2D eigenvalue weighted by Crippen LogP contribution is -2.34. The van der Waals surface area contributed by atoms with Gasteiger partial charge in [-0.15, -0.1) is 24.0 Å².